The van der Waals surface area contributed by atoms with Crippen molar-refractivity contribution >= 4 is 0 Å². The third-order valence-corrected chi connectivity index (χ3v) is 1.81. The molecule has 0 aliphatic heterocycles. The van der Waals surface area contributed by atoms with Crippen LogP contribution in [0.1, 0.15) is 25.2 Å². The molecule has 68 valence electrons. The second-order valence-electron chi connectivity index (χ2n) is 3.55. The Morgan fingerprint density at radius 3 is 2.75 bits per heavy atom. The smallest absolute Gasteiger partial charge is 0.120 e. The lowest BCUT2D eigenvalue weighted by atomic mass is 10.2. The summed E-state index contributed by atoms with van der Waals surface area (Å²) in [5.74, 6) is 1.75. The van der Waals surface area contributed by atoms with Gasteiger partial charge in [0.15, 0.2) is 0 Å². The van der Waals surface area contributed by atoms with Crippen molar-refractivity contribution in [2.45, 2.75) is 27.3 Å². The van der Waals surface area contributed by atoms with E-state index in [9.17, 15) is 0 Å². The summed E-state index contributed by atoms with van der Waals surface area (Å²) in [7, 11) is 0. The van der Waals surface area contributed by atoms with Gasteiger partial charge >= 0.3 is 0 Å². The lowest BCUT2D eigenvalue weighted by molar-refractivity contribution is 0.462. The fourth-order valence-electron chi connectivity index (χ4n) is 1.06. The largest absolute Gasteiger partial charge is 0.468 e. The van der Waals surface area contributed by atoms with E-state index in [1.165, 1.54) is 5.56 Å². The van der Waals surface area contributed by atoms with Crippen LogP contribution < -0.4 is 5.32 Å². The second kappa shape index (κ2) is 4.31. The van der Waals surface area contributed by atoms with Gasteiger partial charge in [0.1, 0.15) is 5.76 Å². The van der Waals surface area contributed by atoms with E-state index in [0.717, 1.165) is 18.8 Å². The monoisotopic (exact) mass is 167 g/mol. The predicted octanol–water partition coefficient (Wildman–Crippen LogP) is 2.33. The number of nitrogens with one attached hydrogen (secondary N) is 1. The molecule has 0 saturated heterocycles. The molecular weight excluding hydrogens is 150 g/mol. The maximum Gasteiger partial charge on any atom is 0.120 e. The molecule has 0 atom stereocenters. The molecule has 0 spiro atoms. The highest BCUT2D eigenvalue weighted by molar-refractivity contribution is 5.13. The number of rotatable bonds is 4. The maximum atomic E-state index is 5.28. The summed E-state index contributed by atoms with van der Waals surface area (Å²) >= 11 is 0. The van der Waals surface area contributed by atoms with Crippen molar-refractivity contribution in [3.8, 4) is 0 Å². The van der Waals surface area contributed by atoms with Gasteiger partial charge in [-0.2, -0.15) is 0 Å². The van der Waals surface area contributed by atoms with Gasteiger partial charge in [0.25, 0.3) is 0 Å². The van der Waals surface area contributed by atoms with Crippen LogP contribution in [0.3, 0.4) is 0 Å². The van der Waals surface area contributed by atoms with Crippen LogP contribution >= 0.6 is 0 Å². The molecule has 0 aliphatic rings. The van der Waals surface area contributed by atoms with Gasteiger partial charge in [-0.25, -0.2) is 0 Å². The molecule has 0 aromatic carbocycles. The molecule has 1 N–H and O–H groups in total. The lowest BCUT2D eigenvalue weighted by Crippen LogP contribution is -2.18. The third-order valence-electron chi connectivity index (χ3n) is 1.81. The van der Waals surface area contributed by atoms with E-state index in [2.05, 4.69) is 26.1 Å². The van der Waals surface area contributed by atoms with Crippen LogP contribution in [-0.4, -0.2) is 6.54 Å². The highest BCUT2D eigenvalue weighted by Crippen LogP contribution is 2.07. The first kappa shape index (κ1) is 9.33. The molecule has 2 heteroatoms. The summed E-state index contributed by atoms with van der Waals surface area (Å²) in [6, 6.07) is 1.99. The number of furan rings is 1. The van der Waals surface area contributed by atoms with Crippen LogP contribution in [0.25, 0.3) is 0 Å². The normalized spacial score (nSPS) is 11.0. The molecule has 0 aliphatic carbocycles. The topological polar surface area (TPSA) is 25.2 Å². The molecule has 0 unspecified atom stereocenters. The van der Waals surface area contributed by atoms with Crippen molar-refractivity contribution in [1.29, 1.82) is 0 Å². The lowest BCUT2D eigenvalue weighted by Gasteiger charge is -2.05. The van der Waals surface area contributed by atoms with Gasteiger partial charge in [0.2, 0.25) is 0 Å². The average Bonchev–Trinajstić information content (AvgIpc) is 2.36. The van der Waals surface area contributed by atoms with E-state index in [-0.39, 0.29) is 0 Å². The minimum Gasteiger partial charge on any atom is -0.468 e. The molecule has 0 amide bonds. The van der Waals surface area contributed by atoms with E-state index in [4.69, 9.17) is 4.42 Å². The molecule has 1 aromatic rings. The standard InChI is InChI=1S/C10H17NO/c1-8(2)6-11-7-10-9(3)4-5-12-10/h4-5,8,11H,6-7H2,1-3H3. The van der Waals surface area contributed by atoms with Gasteiger partial charge in [0.05, 0.1) is 12.8 Å². The zero-order valence-electron chi connectivity index (χ0n) is 8.05. The molecule has 12 heavy (non-hydrogen) atoms. The maximum absolute atomic E-state index is 5.28. The Morgan fingerprint density at radius 1 is 1.50 bits per heavy atom. The molecular formula is C10H17NO. The Labute approximate surface area is 74.0 Å². The van der Waals surface area contributed by atoms with E-state index in [0.29, 0.717) is 5.92 Å². The van der Waals surface area contributed by atoms with E-state index >= 15 is 0 Å². The van der Waals surface area contributed by atoms with Crippen LogP contribution in [0.4, 0.5) is 0 Å². The van der Waals surface area contributed by atoms with Crippen molar-refractivity contribution < 1.29 is 4.42 Å². The van der Waals surface area contributed by atoms with Gasteiger partial charge in [-0.1, -0.05) is 13.8 Å². The van der Waals surface area contributed by atoms with Crippen LogP contribution in [0, 0.1) is 12.8 Å². The first-order chi connectivity index (χ1) is 5.70. The van der Waals surface area contributed by atoms with Gasteiger partial charge in [-0.15, -0.1) is 0 Å². The molecule has 0 bridgehead atoms. The summed E-state index contributed by atoms with van der Waals surface area (Å²) in [6.45, 7) is 8.34. The van der Waals surface area contributed by atoms with Crippen LogP contribution in [0.15, 0.2) is 16.7 Å². The Kier molecular flexibility index (Phi) is 3.35. The fraction of sp³-hybridized carbons (Fsp3) is 0.600. The number of hydrogen-bond acceptors (Lipinski definition) is 2. The molecule has 0 radical (unpaired) electrons. The summed E-state index contributed by atoms with van der Waals surface area (Å²) in [4.78, 5) is 0. The van der Waals surface area contributed by atoms with Crippen molar-refractivity contribution in [3.05, 3.63) is 23.7 Å². The Bertz CT molecular complexity index is 227. The Balaban J connectivity index is 2.29. The van der Waals surface area contributed by atoms with Gasteiger partial charge in [-0.05, 0) is 31.0 Å². The zero-order chi connectivity index (χ0) is 8.97. The predicted molar refractivity (Wildman–Crippen MR) is 50.0 cm³/mol. The Morgan fingerprint density at radius 2 is 2.25 bits per heavy atom. The summed E-state index contributed by atoms with van der Waals surface area (Å²) in [5.41, 5.74) is 1.23. The highest BCUT2D eigenvalue weighted by Gasteiger charge is 2.00. The van der Waals surface area contributed by atoms with Gasteiger partial charge in [-0.3, -0.25) is 0 Å². The SMILES string of the molecule is Cc1ccoc1CNCC(C)C. The fourth-order valence-corrected chi connectivity index (χ4v) is 1.06. The Hall–Kier alpha value is -0.760. The third kappa shape index (κ3) is 2.70. The van der Waals surface area contributed by atoms with Crippen LogP contribution in [-0.2, 0) is 6.54 Å². The van der Waals surface area contributed by atoms with Crippen molar-refractivity contribution in [2.24, 2.45) is 5.92 Å². The first-order valence-corrected chi connectivity index (χ1v) is 4.44. The number of hydrogen-bond donors (Lipinski definition) is 1. The summed E-state index contributed by atoms with van der Waals surface area (Å²) in [5, 5.41) is 3.33. The second-order valence-corrected chi connectivity index (χ2v) is 3.55. The van der Waals surface area contributed by atoms with Crippen LogP contribution in [0.2, 0.25) is 0 Å². The molecule has 1 rings (SSSR count). The number of aryl methyl sites for hydroxylation is 1. The average molecular weight is 167 g/mol. The molecule has 0 fully saturated rings. The summed E-state index contributed by atoms with van der Waals surface area (Å²) < 4.78 is 5.28. The highest BCUT2D eigenvalue weighted by atomic mass is 16.3. The molecule has 1 heterocycles. The summed E-state index contributed by atoms with van der Waals surface area (Å²) in [6.07, 6.45) is 1.74. The molecule has 1 aromatic heterocycles. The van der Waals surface area contributed by atoms with Crippen molar-refractivity contribution in [2.75, 3.05) is 6.54 Å². The minimum absolute atomic E-state index is 0.695. The van der Waals surface area contributed by atoms with E-state index in [1.54, 1.807) is 6.26 Å². The van der Waals surface area contributed by atoms with E-state index in [1.807, 2.05) is 6.07 Å². The first-order valence-electron chi connectivity index (χ1n) is 4.44. The molecule has 2 nitrogen and oxygen atoms in total. The quantitative estimate of drug-likeness (QED) is 0.744. The molecule has 0 saturated carbocycles. The van der Waals surface area contributed by atoms with Crippen LogP contribution in [0.5, 0.6) is 0 Å². The van der Waals surface area contributed by atoms with Crippen molar-refractivity contribution in [3.63, 3.8) is 0 Å². The zero-order valence-corrected chi connectivity index (χ0v) is 8.05. The van der Waals surface area contributed by atoms with E-state index < -0.39 is 0 Å². The minimum atomic E-state index is 0.695. The van der Waals surface area contributed by atoms with Crippen molar-refractivity contribution in [1.82, 2.24) is 5.32 Å². The van der Waals surface area contributed by atoms with Gasteiger partial charge in [0, 0.05) is 0 Å². The van der Waals surface area contributed by atoms with Gasteiger partial charge < -0.3 is 9.73 Å².